The Bertz CT molecular complexity index is 581. The zero-order valence-corrected chi connectivity index (χ0v) is 11.9. The van der Waals surface area contributed by atoms with Gasteiger partial charge in [0.25, 0.3) is 5.91 Å². The van der Waals surface area contributed by atoms with Gasteiger partial charge in [-0.25, -0.2) is 0 Å². The summed E-state index contributed by atoms with van der Waals surface area (Å²) in [5.74, 6) is -0.717. The number of hydrogen-bond donors (Lipinski definition) is 0. The van der Waals surface area contributed by atoms with Crippen LogP contribution in [0.2, 0.25) is 0 Å². The summed E-state index contributed by atoms with van der Waals surface area (Å²) in [5, 5.41) is 0. The van der Waals surface area contributed by atoms with Crippen molar-refractivity contribution in [2.75, 3.05) is 11.4 Å². The molecular weight excluding hydrogens is 238 g/mol. The van der Waals surface area contributed by atoms with Crippen molar-refractivity contribution in [3.63, 3.8) is 0 Å². The van der Waals surface area contributed by atoms with Gasteiger partial charge in [-0.1, -0.05) is 17.7 Å². The van der Waals surface area contributed by atoms with Gasteiger partial charge in [0.2, 0.25) is 5.78 Å². The molecule has 0 fully saturated rings. The van der Waals surface area contributed by atoms with Gasteiger partial charge < -0.3 is 4.90 Å². The van der Waals surface area contributed by atoms with Crippen molar-refractivity contribution in [3.8, 4) is 0 Å². The molecule has 1 aliphatic heterocycles. The number of carbonyl (C=O) groups is 2. The van der Waals surface area contributed by atoms with Gasteiger partial charge in [0.1, 0.15) is 0 Å². The smallest absolute Gasteiger partial charge is 0.295 e. The molecule has 0 radical (unpaired) electrons. The largest absolute Gasteiger partial charge is 0.302 e. The summed E-state index contributed by atoms with van der Waals surface area (Å²) in [4.78, 5) is 25.4. The van der Waals surface area contributed by atoms with Crippen molar-refractivity contribution < 1.29 is 9.59 Å². The Morgan fingerprint density at radius 1 is 1.21 bits per heavy atom. The van der Waals surface area contributed by atoms with E-state index in [2.05, 4.69) is 0 Å². The lowest BCUT2D eigenvalue weighted by Gasteiger charge is -2.28. The average Bonchev–Trinajstić information content (AvgIpc) is 2.32. The highest BCUT2D eigenvalue weighted by atomic mass is 16.2. The monoisotopic (exact) mass is 257 g/mol. The molecule has 0 saturated heterocycles. The number of allylic oxidation sites excluding steroid dienone is 1. The number of aryl methyl sites for hydroxylation is 2. The fourth-order valence-corrected chi connectivity index (χ4v) is 2.22. The highest BCUT2D eigenvalue weighted by molar-refractivity contribution is 6.43. The number of hydrogen-bond acceptors (Lipinski definition) is 2. The van der Waals surface area contributed by atoms with E-state index >= 15 is 0 Å². The molecule has 0 bridgehead atoms. The van der Waals surface area contributed by atoms with E-state index in [0.29, 0.717) is 6.54 Å². The Morgan fingerprint density at radius 3 is 2.47 bits per heavy atom. The maximum atomic E-state index is 12.0. The maximum Gasteiger partial charge on any atom is 0.295 e. The van der Waals surface area contributed by atoms with Crippen molar-refractivity contribution in [1.82, 2.24) is 0 Å². The molecule has 0 N–H and O–H groups in total. The molecule has 100 valence electrons. The number of benzene rings is 1. The van der Waals surface area contributed by atoms with E-state index in [0.717, 1.165) is 28.0 Å². The van der Waals surface area contributed by atoms with Crippen LogP contribution in [0.25, 0.3) is 0 Å². The Morgan fingerprint density at radius 2 is 1.84 bits per heavy atom. The van der Waals surface area contributed by atoms with E-state index in [9.17, 15) is 9.59 Å². The molecule has 1 heterocycles. The number of carbonyl (C=O) groups excluding carboxylic acids is 2. The van der Waals surface area contributed by atoms with Crippen LogP contribution in [0.15, 0.2) is 23.8 Å². The summed E-state index contributed by atoms with van der Waals surface area (Å²) >= 11 is 0. The van der Waals surface area contributed by atoms with Crippen LogP contribution in [-0.2, 0) is 16.0 Å². The minimum atomic E-state index is -0.395. The van der Waals surface area contributed by atoms with Crippen LogP contribution in [-0.4, -0.2) is 18.2 Å². The van der Waals surface area contributed by atoms with Gasteiger partial charge in [-0.05, 0) is 50.5 Å². The van der Waals surface area contributed by atoms with E-state index in [-0.39, 0.29) is 12.2 Å². The van der Waals surface area contributed by atoms with Gasteiger partial charge >= 0.3 is 0 Å². The zero-order chi connectivity index (χ0) is 14.2. The van der Waals surface area contributed by atoms with Crippen molar-refractivity contribution >= 4 is 17.4 Å². The molecule has 1 aromatic carbocycles. The lowest BCUT2D eigenvalue weighted by Crippen LogP contribution is -2.42. The van der Waals surface area contributed by atoms with Gasteiger partial charge in [-0.15, -0.1) is 0 Å². The predicted octanol–water partition coefficient (Wildman–Crippen LogP) is 2.73. The standard InChI is InChI=1S/C16H19NO2/c1-10(2)5-6-17-14-8-12(4)11(3)7-13(14)9-15(18)16(17)19/h5,7-8H,6,9H2,1-4H3. The Kier molecular flexibility index (Phi) is 3.56. The topological polar surface area (TPSA) is 37.4 Å². The first-order valence-electron chi connectivity index (χ1n) is 6.48. The number of Topliss-reactive ketones (excluding diaryl/α,β-unsaturated/α-hetero) is 1. The molecule has 0 aromatic heterocycles. The van der Waals surface area contributed by atoms with Gasteiger partial charge in [0.15, 0.2) is 0 Å². The quantitative estimate of drug-likeness (QED) is 0.603. The Labute approximate surface area is 113 Å². The predicted molar refractivity (Wildman–Crippen MR) is 76.4 cm³/mol. The van der Waals surface area contributed by atoms with Crippen molar-refractivity contribution in [1.29, 1.82) is 0 Å². The van der Waals surface area contributed by atoms with E-state index in [4.69, 9.17) is 0 Å². The summed E-state index contributed by atoms with van der Waals surface area (Å²) in [6.45, 7) is 8.48. The number of rotatable bonds is 2. The average molecular weight is 257 g/mol. The first-order chi connectivity index (χ1) is 8.90. The van der Waals surface area contributed by atoms with Crippen LogP contribution in [0, 0.1) is 13.8 Å². The fraction of sp³-hybridized carbons (Fsp3) is 0.375. The lowest BCUT2D eigenvalue weighted by atomic mass is 9.95. The second-order valence-electron chi connectivity index (χ2n) is 5.36. The third-order valence-electron chi connectivity index (χ3n) is 3.50. The number of anilines is 1. The summed E-state index contributed by atoms with van der Waals surface area (Å²) in [5.41, 5.74) is 5.27. The third kappa shape index (κ3) is 2.60. The van der Waals surface area contributed by atoms with Gasteiger partial charge in [0, 0.05) is 18.7 Å². The number of nitrogens with zero attached hydrogens (tertiary/aromatic N) is 1. The summed E-state index contributed by atoms with van der Waals surface area (Å²) < 4.78 is 0. The van der Waals surface area contributed by atoms with Crippen LogP contribution in [0.1, 0.15) is 30.5 Å². The van der Waals surface area contributed by atoms with Crippen molar-refractivity contribution in [2.45, 2.75) is 34.1 Å². The fourth-order valence-electron chi connectivity index (χ4n) is 2.22. The van der Waals surface area contributed by atoms with Crippen LogP contribution < -0.4 is 4.90 Å². The van der Waals surface area contributed by atoms with Crippen molar-refractivity contribution in [2.24, 2.45) is 0 Å². The third-order valence-corrected chi connectivity index (χ3v) is 3.50. The molecule has 2 rings (SSSR count). The van der Waals surface area contributed by atoms with Crippen LogP contribution in [0.3, 0.4) is 0 Å². The lowest BCUT2D eigenvalue weighted by molar-refractivity contribution is -0.136. The van der Waals surface area contributed by atoms with E-state index in [1.54, 1.807) is 4.90 Å². The molecule has 1 aromatic rings. The van der Waals surface area contributed by atoms with Crippen LogP contribution >= 0.6 is 0 Å². The molecule has 0 atom stereocenters. The second-order valence-corrected chi connectivity index (χ2v) is 5.36. The summed E-state index contributed by atoms with van der Waals surface area (Å²) in [6.07, 6.45) is 2.19. The summed E-state index contributed by atoms with van der Waals surface area (Å²) in [6, 6.07) is 4.03. The molecule has 19 heavy (non-hydrogen) atoms. The SMILES string of the molecule is CC(C)=CCN1C(=O)C(=O)Cc2cc(C)c(C)cc21. The van der Waals surface area contributed by atoms with Gasteiger partial charge in [0.05, 0.1) is 0 Å². The van der Waals surface area contributed by atoms with Crippen molar-refractivity contribution in [3.05, 3.63) is 40.5 Å². The van der Waals surface area contributed by atoms with Crippen LogP contribution in [0.5, 0.6) is 0 Å². The van der Waals surface area contributed by atoms with E-state index in [1.165, 1.54) is 0 Å². The van der Waals surface area contributed by atoms with Crippen LogP contribution in [0.4, 0.5) is 5.69 Å². The maximum absolute atomic E-state index is 12.0. The molecule has 1 aliphatic rings. The van der Waals surface area contributed by atoms with E-state index < -0.39 is 5.91 Å². The first-order valence-corrected chi connectivity index (χ1v) is 6.48. The highest BCUT2D eigenvalue weighted by Crippen LogP contribution is 2.29. The molecule has 0 spiro atoms. The number of fused-ring (bicyclic) bond motifs is 1. The van der Waals surface area contributed by atoms with E-state index in [1.807, 2.05) is 45.9 Å². The molecule has 0 unspecified atom stereocenters. The Balaban J connectivity index is 2.49. The Hall–Kier alpha value is -1.90. The number of ketones is 1. The molecule has 3 nitrogen and oxygen atoms in total. The highest BCUT2D eigenvalue weighted by Gasteiger charge is 2.30. The second kappa shape index (κ2) is 5.00. The molecule has 0 aliphatic carbocycles. The normalized spacial score (nSPS) is 14.4. The molecular formula is C16H19NO2. The molecule has 3 heteroatoms. The van der Waals surface area contributed by atoms with Gasteiger partial charge in [-0.3, -0.25) is 9.59 Å². The minimum absolute atomic E-state index is 0.223. The van der Waals surface area contributed by atoms with Gasteiger partial charge in [-0.2, -0.15) is 0 Å². The summed E-state index contributed by atoms with van der Waals surface area (Å²) in [7, 11) is 0. The molecule has 1 amide bonds. The first kappa shape index (κ1) is 13.5. The zero-order valence-electron chi connectivity index (χ0n) is 11.9. The number of amides is 1. The minimum Gasteiger partial charge on any atom is -0.302 e. The molecule has 0 saturated carbocycles.